The minimum absolute atomic E-state index is 0.00127. The third-order valence-electron chi connectivity index (χ3n) is 12.5. The Hall–Kier alpha value is -1.95. The van der Waals surface area contributed by atoms with Crippen LogP contribution in [0.1, 0.15) is 277 Å². The number of hydrogen-bond acceptors (Lipinski definition) is 4. The number of unbranched alkanes of at least 4 members (excludes halogenated alkanes) is 33. The number of carbonyl (C=O) groups is 1. The van der Waals surface area contributed by atoms with Gasteiger partial charge in [-0.1, -0.05) is 254 Å². The highest BCUT2D eigenvalue weighted by atomic mass is 16.3. The molecule has 0 aliphatic rings. The van der Waals surface area contributed by atoms with Gasteiger partial charge in [0, 0.05) is 0 Å². The molecular formula is C58H107NO4. The van der Waals surface area contributed by atoms with E-state index in [1.807, 2.05) is 6.08 Å². The Morgan fingerprint density at radius 1 is 0.413 bits per heavy atom. The number of carbonyl (C=O) groups excluding carboxylic acids is 1. The molecule has 0 spiro atoms. The van der Waals surface area contributed by atoms with Crippen molar-refractivity contribution in [1.29, 1.82) is 0 Å². The lowest BCUT2D eigenvalue weighted by Gasteiger charge is -2.21. The summed E-state index contributed by atoms with van der Waals surface area (Å²) in [6, 6.07) is -0.769. The maximum absolute atomic E-state index is 12.5. The van der Waals surface area contributed by atoms with E-state index in [9.17, 15) is 20.1 Å². The first-order valence-corrected chi connectivity index (χ1v) is 27.6. The van der Waals surface area contributed by atoms with E-state index >= 15 is 0 Å². The summed E-state index contributed by atoms with van der Waals surface area (Å²) in [6.45, 7) is 4.19. The summed E-state index contributed by atoms with van der Waals surface area (Å²) >= 11 is 0. The molecule has 0 aromatic rings. The van der Waals surface area contributed by atoms with Gasteiger partial charge in [0.1, 0.15) is 0 Å². The van der Waals surface area contributed by atoms with Gasteiger partial charge in [-0.2, -0.15) is 0 Å². The van der Waals surface area contributed by atoms with Gasteiger partial charge in [-0.3, -0.25) is 4.79 Å². The highest BCUT2D eigenvalue weighted by Crippen LogP contribution is 2.16. The average molecular weight is 882 g/mol. The molecule has 368 valence electrons. The predicted molar refractivity (Wildman–Crippen MR) is 277 cm³/mol. The monoisotopic (exact) mass is 882 g/mol. The van der Waals surface area contributed by atoms with Gasteiger partial charge in [0.05, 0.1) is 31.3 Å². The van der Waals surface area contributed by atoms with Crippen molar-refractivity contribution in [2.24, 2.45) is 0 Å². The second kappa shape index (κ2) is 52.7. The van der Waals surface area contributed by atoms with E-state index in [2.05, 4.69) is 67.8 Å². The number of rotatable bonds is 50. The number of nitrogens with one attached hydrogen (secondary N) is 1. The molecule has 3 atom stereocenters. The molecular weight excluding hydrogens is 775 g/mol. The van der Waals surface area contributed by atoms with Crippen LogP contribution in [0.25, 0.3) is 0 Å². The minimum atomic E-state index is -0.961. The third kappa shape index (κ3) is 49.3. The van der Waals surface area contributed by atoms with Crippen LogP contribution in [0, 0.1) is 0 Å². The normalized spacial score (nSPS) is 13.8. The van der Waals surface area contributed by atoms with Crippen molar-refractivity contribution in [1.82, 2.24) is 5.32 Å². The molecule has 0 saturated heterocycles. The van der Waals surface area contributed by atoms with E-state index in [1.165, 1.54) is 205 Å². The lowest BCUT2D eigenvalue weighted by molar-refractivity contribution is -0.124. The molecule has 63 heavy (non-hydrogen) atoms. The molecule has 0 aromatic heterocycles. The standard InChI is InChI=1S/C58H107NO4/c1-3-5-7-9-11-13-15-17-19-20-21-22-23-24-25-26-27-28-29-30-31-32-33-34-35-36-38-39-41-43-45-47-49-51-55(61)53-58(63)59-56(54-60)57(62)52-50-48-46-44-42-40-37-18-16-14-12-10-8-6-4-2/h16,18,23-24,26-27,42,44,50,52,55-57,60-62H,3-15,17,19-22,25,28-41,43,45-49,51,53-54H2,1-2H3,(H,59,63)/b18-16+,24-23-,27-26-,44-42+,52-50+. The summed E-state index contributed by atoms with van der Waals surface area (Å²) in [6.07, 6.45) is 71.3. The summed E-state index contributed by atoms with van der Waals surface area (Å²) < 4.78 is 0. The second-order valence-electron chi connectivity index (χ2n) is 18.8. The maximum Gasteiger partial charge on any atom is 0.222 e. The first-order valence-electron chi connectivity index (χ1n) is 27.6. The average Bonchev–Trinajstić information content (AvgIpc) is 3.28. The zero-order valence-electron chi connectivity index (χ0n) is 42.0. The molecule has 0 aliphatic carbocycles. The molecule has 0 radical (unpaired) electrons. The third-order valence-corrected chi connectivity index (χ3v) is 12.5. The number of hydrogen-bond donors (Lipinski definition) is 4. The van der Waals surface area contributed by atoms with Crippen molar-refractivity contribution in [3.63, 3.8) is 0 Å². The van der Waals surface area contributed by atoms with E-state index in [-0.39, 0.29) is 18.9 Å². The summed E-state index contributed by atoms with van der Waals surface area (Å²) in [5, 5.41) is 33.3. The van der Waals surface area contributed by atoms with E-state index < -0.39 is 18.2 Å². The van der Waals surface area contributed by atoms with Crippen molar-refractivity contribution >= 4 is 5.91 Å². The van der Waals surface area contributed by atoms with Crippen LogP contribution in [0.3, 0.4) is 0 Å². The fraction of sp³-hybridized carbons (Fsp3) is 0.810. The van der Waals surface area contributed by atoms with E-state index in [1.54, 1.807) is 6.08 Å². The Morgan fingerprint density at radius 2 is 0.730 bits per heavy atom. The van der Waals surface area contributed by atoms with Crippen LogP contribution in [-0.2, 0) is 4.79 Å². The van der Waals surface area contributed by atoms with Crippen molar-refractivity contribution in [3.8, 4) is 0 Å². The molecule has 0 heterocycles. The van der Waals surface area contributed by atoms with Crippen LogP contribution < -0.4 is 5.32 Å². The lowest BCUT2D eigenvalue weighted by Crippen LogP contribution is -2.45. The molecule has 0 rings (SSSR count). The van der Waals surface area contributed by atoms with Crippen LogP contribution in [0.15, 0.2) is 60.8 Å². The smallest absolute Gasteiger partial charge is 0.222 e. The van der Waals surface area contributed by atoms with Crippen molar-refractivity contribution in [2.75, 3.05) is 6.61 Å². The lowest BCUT2D eigenvalue weighted by atomic mass is 10.0. The van der Waals surface area contributed by atoms with Gasteiger partial charge in [-0.05, 0) is 77.0 Å². The molecule has 1 amide bonds. The molecule has 0 fully saturated rings. The van der Waals surface area contributed by atoms with Gasteiger partial charge >= 0.3 is 0 Å². The second-order valence-corrected chi connectivity index (χ2v) is 18.8. The maximum atomic E-state index is 12.5. The fourth-order valence-electron chi connectivity index (χ4n) is 8.29. The molecule has 0 bridgehead atoms. The van der Waals surface area contributed by atoms with Crippen molar-refractivity contribution in [2.45, 2.75) is 295 Å². The highest BCUT2D eigenvalue weighted by Gasteiger charge is 2.20. The predicted octanol–water partition coefficient (Wildman–Crippen LogP) is 17.0. The Kier molecular flexibility index (Phi) is 51.0. The topological polar surface area (TPSA) is 89.8 Å². The van der Waals surface area contributed by atoms with Crippen LogP contribution in [0.5, 0.6) is 0 Å². The molecule has 5 heteroatoms. The fourth-order valence-corrected chi connectivity index (χ4v) is 8.29. The molecule has 0 aromatic carbocycles. The Morgan fingerprint density at radius 3 is 1.11 bits per heavy atom. The minimum Gasteiger partial charge on any atom is -0.394 e. The molecule has 5 nitrogen and oxygen atoms in total. The van der Waals surface area contributed by atoms with Crippen molar-refractivity contribution < 1.29 is 20.1 Å². The van der Waals surface area contributed by atoms with Gasteiger partial charge < -0.3 is 20.6 Å². The van der Waals surface area contributed by atoms with Gasteiger partial charge in [0.25, 0.3) is 0 Å². The summed E-state index contributed by atoms with van der Waals surface area (Å²) in [5.74, 6) is -0.329. The molecule has 4 N–H and O–H groups in total. The molecule has 0 saturated carbocycles. The van der Waals surface area contributed by atoms with Gasteiger partial charge in [0.15, 0.2) is 0 Å². The number of aliphatic hydroxyl groups is 3. The Bertz CT molecular complexity index is 1060. The van der Waals surface area contributed by atoms with Crippen LogP contribution in [-0.4, -0.2) is 46.1 Å². The first kappa shape index (κ1) is 61.0. The van der Waals surface area contributed by atoms with Crippen LogP contribution in [0.2, 0.25) is 0 Å². The number of amides is 1. The number of aliphatic hydroxyl groups excluding tert-OH is 3. The SMILES string of the molecule is CCCCCCC/C=C/CC/C=C/CC/C=C/C(O)C(CO)NC(=O)CC(O)CCCCCCCCCCCCCCCCC/C=C\C/C=C\CCCCCCCCCCCCC. The Balaban J connectivity index is 3.56. The van der Waals surface area contributed by atoms with Gasteiger partial charge in [-0.15, -0.1) is 0 Å². The van der Waals surface area contributed by atoms with Crippen LogP contribution >= 0.6 is 0 Å². The zero-order chi connectivity index (χ0) is 45.8. The first-order chi connectivity index (χ1) is 31.0. The van der Waals surface area contributed by atoms with E-state index in [4.69, 9.17) is 0 Å². The van der Waals surface area contributed by atoms with Crippen molar-refractivity contribution in [3.05, 3.63) is 60.8 Å². The van der Waals surface area contributed by atoms with E-state index in [0.29, 0.717) is 6.42 Å². The zero-order valence-corrected chi connectivity index (χ0v) is 42.0. The number of allylic oxidation sites excluding steroid dienone is 9. The molecule has 3 unspecified atom stereocenters. The summed E-state index contributed by atoms with van der Waals surface area (Å²) in [4.78, 5) is 12.5. The highest BCUT2D eigenvalue weighted by molar-refractivity contribution is 5.76. The largest absolute Gasteiger partial charge is 0.394 e. The van der Waals surface area contributed by atoms with Gasteiger partial charge in [-0.25, -0.2) is 0 Å². The summed E-state index contributed by atoms with van der Waals surface area (Å²) in [5.41, 5.74) is 0. The van der Waals surface area contributed by atoms with Gasteiger partial charge in [0.2, 0.25) is 5.91 Å². The van der Waals surface area contributed by atoms with E-state index in [0.717, 1.165) is 44.9 Å². The molecule has 0 aliphatic heterocycles. The van der Waals surface area contributed by atoms with Crippen LogP contribution in [0.4, 0.5) is 0 Å². The summed E-state index contributed by atoms with van der Waals surface area (Å²) in [7, 11) is 0. The quantitative estimate of drug-likeness (QED) is 0.0362. The Labute approximate surface area is 392 Å².